The molecule has 5 nitrogen and oxygen atoms in total. The molecule has 1 heterocycles. The van der Waals surface area contributed by atoms with E-state index in [-0.39, 0.29) is 11.5 Å². The average molecular weight is 304 g/mol. The first kappa shape index (κ1) is 15.2. The van der Waals surface area contributed by atoms with Gasteiger partial charge in [-0.15, -0.1) is 0 Å². The molecule has 2 aromatic rings. The van der Waals surface area contributed by atoms with Gasteiger partial charge >= 0.3 is 5.97 Å². The van der Waals surface area contributed by atoms with Crippen LogP contribution in [0.2, 0.25) is 0 Å². The zero-order chi connectivity index (χ0) is 15.7. The maximum Gasteiger partial charge on any atom is 0.340 e. The number of carbonyl (C=O) groups excluding carboxylic acids is 1. The molecule has 0 fully saturated rings. The van der Waals surface area contributed by atoms with Crippen LogP contribution < -0.4 is 4.90 Å². The fourth-order valence-electron chi connectivity index (χ4n) is 2.24. The van der Waals surface area contributed by atoms with Crippen molar-refractivity contribution < 1.29 is 14.7 Å². The highest BCUT2D eigenvalue weighted by molar-refractivity contribution is 7.11. The van der Waals surface area contributed by atoms with Crippen molar-refractivity contribution in [3.8, 4) is 0 Å². The normalized spacial score (nSPS) is 10.5. The summed E-state index contributed by atoms with van der Waals surface area (Å²) >= 11 is 1.02. The molecule has 0 aliphatic heterocycles. The smallest absolute Gasteiger partial charge is 0.340 e. The molecule has 1 amide bonds. The van der Waals surface area contributed by atoms with Gasteiger partial charge < -0.3 is 10.0 Å². The van der Waals surface area contributed by atoms with Crippen LogP contribution in [0.1, 0.15) is 37.5 Å². The number of carboxylic acids is 1. The van der Waals surface area contributed by atoms with Gasteiger partial charge in [0.1, 0.15) is 10.6 Å². The molecule has 1 N–H and O–H groups in total. The molecule has 1 aromatic heterocycles. The summed E-state index contributed by atoms with van der Waals surface area (Å²) in [6.07, 6.45) is 0. The maximum atomic E-state index is 12.7. The average Bonchev–Trinajstić information content (AvgIpc) is 2.79. The zero-order valence-corrected chi connectivity index (χ0v) is 13.1. The van der Waals surface area contributed by atoms with E-state index in [1.54, 1.807) is 14.0 Å². The van der Waals surface area contributed by atoms with Gasteiger partial charge in [-0.05, 0) is 43.4 Å². The first-order valence-electron chi connectivity index (χ1n) is 6.38. The Labute approximate surface area is 127 Å². The minimum absolute atomic E-state index is 0.0853. The number of aryl methyl sites for hydroxylation is 3. The van der Waals surface area contributed by atoms with Gasteiger partial charge in [-0.3, -0.25) is 4.79 Å². The van der Waals surface area contributed by atoms with Gasteiger partial charge in [0, 0.05) is 12.6 Å². The van der Waals surface area contributed by atoms with Crippen molar-refractivity contribution in [1.29, 1.82) is 0 Å². The van der Waals surface area contributed by atoms with E-state index in [2.05, 4.69) is 4.37 Å². The number of hydrogen-bond donors (Lipinski definition) is 1. The van der Waals surface area contributed by atoms with Gasteiger partial charge in [0.15, 0.2) is 0 Å². The molecule has 1 aromatic carbocycles. The molecule has 0 radical (unpaired) electrons. The molecule has 0 saturated carbocycles. The lowest BCUT2D eigenvalue weighted by atomic mass is 10.0. The highest BCUT2D eigenvalue weighted by Crippen LogP contribution is 2.29. The van der Waals surface area contributed by atoms with E-state index in [0.717, 1.165) is 22.7 Å². The van der Waals surface area contributed by atoms with E-state index in [4.69, 9.17) is 0 Å². The fraction of sp³-hybridized carbons (Fsp3) is 0.267. The van der Waals surface area contributed by atoms with Crippen molar-refractivity contribution >= 4 is 28.4 Å². The van der Waals surface area contributed by atoms with Crippen molar-refractivity contribution in [2.45, 2.75) is 20.8 Å². The van der Waals surface area contributed by atoms with Crippen LogP contribution in [0.15, 0.2) is 18.2 Å². The van der Waals surface area contributed by atoms with Crippen LogP contribution in [-0.2, 0) is 0 Å². The Bertz CT molecular complexity index is 701. The molecular formula is C15H16N2O3S. The van der Waals surface area contributed by atoms with Crippen LogP contribution in [0.5, 0.6) is 0 Å². The summed E-state index contributed by atoms with van der Waals surface area (Å²) in [4.78, 5) is 25.4. The van der Waals surface area contributed by atoms with E-state index in [1.165, 1.54) is 4.90 Å². The fourth-order valence-corrected chi connectivity index (χ4v) is 3.09. The topological polar surface area (TPSA) is 70.5 Å². The van der Waals surface area contributed by atoms with Gasteiger partial charge in [-0.1, -0.05) is 18.2 Å². The highest BCUT2D eigenvalue weighted by atomic mass is 32.1. The number of rotatable bonds is 3. The summed E-state index contributed by atoms with van der Waals surface area (Å²) in [5.74, 6) is -1.30. The predicted octanol–water partition coefficient (Wildman–Crippen LogP) is 3.04. The van der Waals surface area contributed by atoms with E-state index in [1.807, 2.05) is 32.0 Å². The van der Waals surface area contributed by atoms with Crippen molar-refractivity contribution in [2.24, 2.45) is 0 Å². The minimum Gasteiger partial charge on any atom is -0.478 e. The SMILES string of the molecule is Cc1cccc(C)c1C(=O)N(C)c1snc(C)c1C(=O)O. The van der Waals surface area contributed by atoms with Crippen molar-refractivity contribution in [1.82, 2.24) is 4.37 Å². The van der Waals surface area contributed by atoms with Crippen LogP contribution >= 0.6 is 11.5 Å². The summed E-state index contributed by atoms with van der Waals surface area (Å²) < 4.78 is 4.05. The molecule has 0 bridgehead atoms. The summed E-state index contributed by atoms with van der Waals surface area (Å²) in [5, 5.41) is 9.63. The number of hydrogen-bond acceptors (Lipinski definition) is 4. The van der Waals surface area contributed by atoms with Crippen molar-refractivity contribution in [3.05, 3.63) is 46.1 Å². The van der Waals surface area contributed by atoms with Crippen molar-refractivity contribution in [2.75, 3.05) is 11.9 Å². The van der Waals surface area contributed by atoms with Crippen LogP contribution in [0, 0.1) is 20.8 Å². The van der Waals surface area contributed by atoms with Crippen molar-refractivity contribution in [3.63, 3.8) is 0 Å². The standard InChI is InChI=1S/C15H16N2O3S/c1-8-6-5-7-9(2)11(8)13(18)17(4)14-12(15(19)20)10(3)16-21-14/h5-7H,1-4H3,(H,19,20). The Morgan fingerprint density at radius 3 is 2.24 bits per heavy atom. The third kappa shape index (κ3) is 2.67. The molecule has 0 atom stereocenters. The Morgan fingerprint density at radius 1 is 1.14 bits per heavy atom. The second-order valence-corrected chi connectivity index (χ2v) is 5.64. The van der Waals surface area contributed by atoms with Crippen LogP contribution in [0.4, 0.5) is 5.00 Å². The monoisotopic (exact) mass is 304 g/mol. The third-order valence-electron chi connectivity index (χ3n) is 3.36. The van der Waals surface area contributed by atoms with Crippen LogP contribution in [-0.4, -0.2) is 28.4 Å². The summed E-state index contributed by atoms with van der Waals surface area (Å²) in [6.45, 7) is 5.36. The number of benzene rings is 1. The van der Waals surface area contributed by atoms with Gasteiger partial charge in [0.2, 0.25) is 0 Å². The lowest BCUT2D eigenvalue weighted by Crippen LogP contribution is -2.28. The Balaban J connectivity index is 2.48. The number of nitrogens with zero attached hydrogens (tertiary/aromatic N) is 2. The summed E-state index contributed by atoms with van der Waals surface area (Å²) in [5.41, 5.74) is 2.84. The van der Waals surface area contributed by atoms with Gasteiger partial charge in [0.25, 0.3) is 5.91 Å². The van der Waals surface area contributed by atoms with E-state index in [0.29, 0.717) is 16.3 Å². The zero-order valence-electron chi connectivity index (χ0n) is 12.3. The molecular weight excluding hydrogens is 288 g/mol. The van der Waals surface area contributed by atoms with Gasteiger partial charge in [-0.2, -0.15) is 4.37 Å². The minimum atomic E-state index is -1.07. The van der Waals surface area contributed by atoms with E-state index < -0.39 is 5.97 Å². The number of carbonyl (C=O) groups is 2. The Kier molecular flexibility index (Phi) is 4.09. The molecule has 6 heteroatoms. The molecule has 21 heavy (non-hydrogen) atoms. The summed E-state index contributed by atoms with van der Waals surface area (Å²) in [6, 6.07) is 5.62. The van der Waals surface area contributed by atoms with Gasteiger partial charge in [-0.25, -0.2) is 4.79 Å². The number of carboxylic acid groups (broad SMARTS) is 1. The van der Waals surface area contributed by atoms with E-state index in [9.17, 15) is 14.7 Å². The molecule has 0 unspecified atom stereocenters. The molecule has 2 rings (SSSR count). The second kappa shape index (κ2) is 5.65. The first-order valence-corrected chi connectivity index (χ1v) is 7.15. The largest absolute Gasteiger partial charge is 0.478 e. The number of anilines is 1. The molecule has 110 valence electrons. The molecule has 0 aliphatic carbocycles. The van der Waals surface area contributed by atoms with E-state index >= 15 is 0 Å². The Hall–Kier alpha value is -2.21. The summed E-state index contributed by atoms with van der Waals surface area (Å²) in [7, 11) is 1.58. The molecule has 0 saturated heterocycles. The first-order chi connectivity index (χ1) is 9.84. The lowest BCUT2D eigenvalue weighted by Gasteiger charge is -2.18. The molecule has 0 aliphatic rings. The third-order valence-corrected chi connectivity index (χ3v) is 4.38. The quantitative estimate of drug-likeness (QED) is 0.946. The predicted molar refractivity (Wildman–Crippen MR) is 82.5 cm³/mol. The maximum absolute atomic E-state index is 12.7. The number of aromatic nitrogens is 1. The van der Waals surface area contributed by atoms with Gasteiger partial charge in [0.05, 0.1) is 5.69 Å². The van der Waals surface area contributed by atoms with Crippen LogP contribution in [0.3, 0.4) is 0 Å². The van der Waals surface area contributed by atoms with Crippen LogP contribution in [0.25, 0.3) is 0 Å². The number of amides is 1. The lowest BCUT2D eigenvalue weighted by molar-refractivity contribution is 0.0697. The highest BCUT2D eigenvalue weighted by Gasteiger charge is 2.25. The number of aromatic carboxylic acids is 1. The second-order valence-electron chi connectivity index (χ2n) is 4.88. The molecule has 0 spiro atoms. The Morgan fingerprint density at radius 2 is 1.71 bits per heavy atom.